The first kappa shape index (κ1) is 92.2. The number of sulfone groups is 2. The number of benzene rings is 8. The number of hydrogen-bond acceptors (Lipinski definition) is 21. The molecule has 34 heteroatoms. The molecule has 0 saturated carbocycles. The van der Waals surface area contributed by atoms with E-state index in [-0.39, 0.29) is 63.0 Å². The molecular weight excluding hydrogens is 1790 g/mol. The topological polar surface area (TPSA) is 264 Å². The summed E-state index contributed by atoms with van der Waals surface area (Å²) in [7, 11) is -7.62. The first-order valence-electron chi connectivity index (χ1n) is 39.8. The van der Waals surface area contributed by atoms with E-state index in [1.54, 1.807) is 103 Å². The van der Waals surface area contributed by atoms with E-state index < -0.39 is 66.9 Å². The highest BCUT2D eigenvalue weighted by Crippen LogP contribution is 2.54. The molecule has 3 amide bonds. The van der Waals surface area contributed by atoms with E-state index in [9.17, 15) is 46.5 Å². The summed E-state index contributed by atoms with van der Waals surface area (Å²) < 4.78 is 74.8. The number of anilines is 8. The molecule has 5 N–H and O–H groups in total. The van der Waals surface area contributed by atoms with Gasteiger partial charge in [-0.25, -0.2) is 31.2 Å². The lowest BCUT2D eigenvalue weighted by molar-refractivity contribution is 0.0156. The molecule has 0 radical (unpaired) electrons. The van der Waals surface area contributed by atoms with Gasteiger partial charge in [0, 0.05) is 85.9 Å². The minimum absolute atomic E-state index is 0.0604. The maximum Gasteiger partial charge on any atom is 0.410 e. The first-order chi connectivity index (χ1) is 57.1. The number of rotatable bonds is 3. The van der Waals surface area contributed by atoms with E-state index >= 15 is 0 Å². The largest absolute Gasteiger partial charge is 0.444 e. The molecule has 5 fully saturated rings. The summed E-state index contributed by atoms with van der Waals surface area (Å²) in [5, 5.41) is 43.8. The van der Waals surface area contributed by atoms with Gasteiger partial charge in [0.05, 0.1) is 127 Å². The third-order valence-electron chi connectivity index (χ3n) is 21.0. The molecule has 648 valence electrons. The molecule has 8 aromatic carbocycles. The summed E-state index contributed by atoms with van der Waals surface area (Å²) in [4.78, 5) is 52.5. The SMILES string of the molecule is CC(C)(C)OC(=O)N1CCCC2OC2C1.CC(C)(C)OC(=O)N1CCC[C@@H](N2c3ccc(Cl)cc3S(=O)(=O)c3cc(Cl)ccc32)[C@H](O)C1.CC(C)(C)OC(=O)N1CCC[C@@H](N2c3ccc(Cl)cc3Sc3cc(Cl)ccc32)[C@H](O)C1.Clc1ccc2c(c1)Sc1cc(Cl)ccc1N2.O=S1(=O)c2cc(Cl)ccc2N([C@@H]2CCCNC[C@H]2O)c2ccc(Cl)cc21. The predicted molar refractivity (Wildman–Crippen MR) is 482 cm³/mol. The Balaban J connectivity index is 0.000000134. The number of ether oxygens (including phenoxy) is 4. The number of carbonyl (C=O) groups is 3. The van der Waals surface area contributed by atoms with Gasteiger partial charge < -0.3 is 74.3 Å². The molecule has 121 heavy (non-hydrogen) atoms. The third kappa shape index (κ3) is 22.1. The van der Waals surface area contributed by atoms with Crippen molar-refractivity contribution < 1.29 is 65.5 Å². The van der Waals surface area contributed by atoms with Gasteiger partial charge in [-0.2, -0.15) is 0 Å². The molecule has 8 atom stereocenters. The maximum atomic E-state index is 13.4. The molecular formula is C87H96Cl8N8O14S4. The number of nitrogens with zero attached hydrogens (tertiary/aromatic N) is 6. The Morgan fingerprint density at radius 1 is 0.388 bits per heavy atom. The van der Waals surface area contributed by atoms with Gasteiger partial charge in [-0.05, 0) is 266 Å². The molecule has 9 aliphatic rings. The van der Waals surface area contributed by atoms with Crippen molar-refractivity contribution in [2.45, 2.75) is 218 Å². The Kier molecular flexibility index (Phi) is 28.9. The van der Waals surface area contributed by atoms with E-state index in [2.05, 4.69) is 15.5 Å². The minimum atomic E-state index is -3.87. The van der Waals surface area contributed by atoms with Crippen LogP contribution in [-0.2, 0) is 38.6 Å². The Hall–Kier alpha value is -6.51. The molecule has 9 aliphatic heterocycles. The highest BCUT2D eigenvalue weighted by atomic mass is 35.5. The molecule has 0 spiro atoms. The number of amides is 3. The number of aliphatic hydroxyl groups is 3. The van der Waals surface area contributed by atoms with E-state index in [4.69, 9.17) is 112 Å². The van der Waals surface area contributed by atoms with Crippen LogP contribution < -0.4 is 25.3 Å². The zero-order valence-electron chi connectivity index (χ0n) is 68.0. The first-order valence-corrected chi connectivity index (χ1v) is 47.4. The molecule has 0 aliphatic carbocycles. The molecule has 22 nitrogen and oxygen atoms in total. The number of halogens is 8. The number of β-amino-alcohol motifs (C(OH)–C–C–N with tert-alkyl or cyclic N) is 3. The zero-order chi connectivity index (χ0) is 87.1. The predicted octanol–water partition coefficient (Wildman–Crippen LogP) is 21.8. The molecule has 5 saturated heterocycles. The monoisotopic (exact) mass is 1880 g/mol. The summed E-state index contributed by atoms with van der Waals surface area (Å²) in [6, 6.07) is 41.4. The van der Waals surface area contributed by atoms with E-state index in [0.29, 0.717) is 98.0 Å². The third-order valence-corrected chi connectivity index (χ3v) is 28.7. The van der Waals surface area contributed by atoms with Crippen molar-refractivity contribution in [1.82, 2.24) is 20.0 Å². The van der Waals surface area contributed by atoms with Gasteiger partial charge in [0.25, 0.3) is 0 Å². The smallest absolute Gasteiger partial charge is 0.410 e. The standard InChI is InChI=1S/C23H26Cl2N2O5S.C23H26Cl2N2O3S.C18H18Cl2N2O3S.C12H7Cl2NS.C11H19NO3/c1-23(2,3)32-22(29)26-10-4-5-16(19(28)13-26)27-17-8-6-14(24)11-20(17)33(30,31)21-12-15(25)7-9-18(21)27;1-23(2,3)30-22(29)26-10-4-5-16(19(28)13-26)27-17-8-6-14(24)11-20(17)31-21-12-15(25)7-9-18(21)27;19-11-3-5-14-17(8-11)26(24,25)18-9-12(20)4-6-15(18)22(14)13-2-1-7-21-10-16(13)23;13-7-1-3-9-11(5-7)16-12-6-8(14)2-4-10(12)15-9;1-11(2,3)15-10(13)12-6-4-5-8-9(7-12)14-8/h6-9,11-12,16,19,28H,4-5,10,13H2,1-3H3;6-9,11-12,16,19,28H,4-5,10,13H2,1-3H3;3-6,8-9,13,16,21,23H,1-2,7,10H2;1-6,15H;8-9H,4-7H2,1-3H3/t2*16-,19-;13-,16-;;/m111../s1. The van der Waals surface area contributed by atoms with Crippen LogP contribution in [0, 0.1) is 0 Å². The van der Waals surface area contributed by atoms with Gasteiger partial charge in [-0.15, -0.1) is 0 Å². The van der Waals surface area contributed by atoms with Gasteiger partial charge in [-0.3, -0.25) is 0 Å². The highest BCUT2D eigenvalue weighted by Gasteiger charge is 2.46. The fraction of sp³-hybridized carbons (Fsp3) is 0.414. The van der Waals surface area contributed by atoms with Crippen LogP contribution in [0.4, 0.5) is 59.9 Å². The minimum Gasteiger partial charge on any atom is -0.444 e. The van der Waals surface area contributed by atoms with Crippen LogP contribution in [-0.4, -0.2) is 183 Å². The molecule has 2 unspecified atom stereocenters. The fourth-order valence-corrected chi connectivity index (χ4v) is 23.1. The Bertz CT molecular complexity index is 5230. The van der Waals surface area contributed by atoms with E-state index in [0.717, 1.165) is 104 Å². The maximum absolute atomic E-state index is 13.4. The van der Waals surface area contributed by atoms with Gasteiger partial charge in [-0.1, -0.05) is 116 Å². The average Bonchev–Trinajstić information content (AvgIpc) is 1.47. The van der Waals surface area contributed by atoms with Crippen molar-refractivity contribution >= 4 is 200 Å². The van der Waals surface area contributed by atoms with Crippen LogP contribution in [0.15, 0.2) is 185 Å². The van der Waals surface area contributed by atoms with Crippen molar-refractivity contribution in [2.75, 3.05) is 72.4 Å². The second-order valence-corrected chi connectivity index (χ2v) is 43.0. The van der Waals surface area contributed by atoms with Crippen molar-refractivity contribution in [1.29, 1.82) is 0 Å². The number of likely N-dealkylation sites (tertiary alicyclic amines) is 3. The van der Waals surface area contributed by atoms with Gasteiger partial charge in [0.15, 0.2) is 0 Å². The van der Waals surface area contributed by atoms with Crippen LogP contribution in [0.3, 0.4) is 0 Å². The van der Waals surface area contributed by atoms with Crippen LogP contribution >= 0.6 is 116 Å². The number of fused-ring (bicyclic) bond motifs is 9. The highest BCUT2D eigenvalue weighted by molar-refractivity contribution is 8.00. The molecule has 17 rings (SSSR count). The summed E-state index contributed by atoms with van der Waals surface area (Å²) in [6.45, 7) is 20.6. The molecule has 0 bridgehead atoms. The van der Waals surface area contributed by atoms with E-state index in [1.165, 1.54) is 29.2 Å². The van der Waals surface area contributed by atoms with Gasteiger partial charge >= 0.3 is 18.3 Å². The average molecular weight is 1890 g/mol. The number of carbonyl (C=O) groups excluding carboxylic acids is 3. The quantitative estimate of drug-likeness (QED) is 0.0813. The number of hydrogen-bond donors (Lipinski definition) is 5. The summed E-state index contributed by atoms with van der Waals surface area (Å²) in [5.74, 6) is 0. The van der Waals surface area contributed by atoms with Crippen molar-refractivity contribution in [2.24, 2.45) is 0 Å². The van der Waals surface area contributed by atoms with E-state index in [1.807, 2.05) is 124 Å². The zero-order valence-corrected chi connectivity index (χ0v) is 77.3. The van der Waals surface area contributed by atoms with Crippen molar-refractivity contribution in [3.8, 4) is 0 Å². The summed E-state index contributed by atoms with van der Waals surface area (Å²) in [6.07, 6.45) is 3.59. The summed E-state index contributed by atoms with van der Waals surface area (Å²) >= 11 is 52.2. The second-order valence-electron chi connectivity index (χ2n) is 33.6. The Labute approximate surface area is 755 Å². The van der Waals surface area contributed by atoms with Crippen LogP contribution in [0.25, 0.3) is 0 Å². The van der Waals surface area contributed by atoms with Gasteiger partial charge in [0.1, 0.15) is 22.9 Å². The lowest BCUT2D eigenvalue weighted by atomic mass is 10.0. The fourth-order valence-electron chi connectivity index (χ4n) is 15.6. The summed E-state index contributed by atoms with van der Waals surface area (Å²) in [5.41, 5.74) is 4.48. The van der Waals surface area contributed by atoms with Crippen LogP contribution in [0.1, 0.15) is 114 Å². The Morgan fingerprint density at radius 3 is 1.06 bits per heavy atom. The van der Waals surface area contributed by atoms with Crippen LogP contribution in [0.2, 0.25) is 40.2 Å². The van der Waals surface area contributed by atoms with Crippen molar-refractivity contribution in [3.05, 3.63) is 186 Å². The lowest BCUT2D eigenvalue weighted by Crippen LogP contribution is -2.47. The Morgan fingerprint density at radius 2 is 0.686 bits per heavy atom. The lowest BCUT2D eigenvalue weighted by Gasteiger charge is -2.40. The molecule has 0 aromatic heterocycles. The van der Waals surface area contributed by atoms with Crippen molar-refractivity contribution in [3.63, 3.8) is 0 Å². The normalized spacial score (nSPS) is 22.2. The number of nitrogens with one attached hydrogen (secondary N) is 2. The van der Waals surface area contributed by atoms with Crippen LogP contribution in [0.5, 0.6) is 0 Å². The number of epoxide rings is 1. The van der Waals surface area contributed by atoms with Gasteiger partial charge in [0.2, 0.25) is 19.7 Å². The number of aliphatic hydroxyl groups excluding tert-OH is 3. The molecule has 9 heterocycles. The second kappa shape index (κ2) is 38.0. The molecule has 8 aromatic rings.